The first-order chi connectivity index (χ1) is 15.8. The third-order valence-electron chi connectivity index (χ3n) is 5.44. The van der Waals surface area contributed by atoms with Gasteiger partial charge < -0.3 is 16.2 Å². The molecule has 0 aliphatic carbocycles. The lowest BCUT2D eigenvalue weighted by Crippen LogP contribution is -2.28. The summed E-state index contributed by atoms with van der Waals surface area (Å²) in [5.41, 5.74) is 6.46. The summed E-state index contributed by atoms with van der Waals surface area (Å²) >= 11 is 0. The molecular weight excluding hydrogens is 429 g/mol. The van der Waals surface area contributed by atoms with Gasteiger partial charge in [-0.2, -0.15) is 13.2 Å². The highest BCUT2D eigenvalue weighted by Crippen LogP contribution is 2.39. The summed E-state index contributed by atoms with van der Waals surface area (Å²) in [6.45, 7) is 2.47. The van der Waals surface area contributed by atoms with Crippen LogP contribution in [0.25, 0.3) is 33.4 Å². The summed E-state index contributed by atoms with van der Waals surface area (Å²) in [7, 11) is 0. The second kappa shape index (κ2) is 9.07. The van der Waals surface area contributed by atoms with Crippen molar-refractivity contribution >= 4 is 16.7 Å². The summed E-state index contributed by atoms with van der Waals surface area (Å²) in [4.78, 5) is 9.14. The van der Waals surface area contributed by atoms with Gasteiger partial charge in [0.05, 0.1) is 16.6 Å². The second-order valence-corrected chi connectivity index (χ2v) is 7.74. The number of hydrogen-bond acceptors (Lipinski definition) is 5. The van der Waals surface area contributed by atoms with Crippen molar-refractivity contribution in [3.63, 3.8) is 0 Å². The Kier molecular flexibility index (Phi) is 6.20. The minimum atomic E-state index is -4.51. The summed E-state index contributed by atoms with van der Waals surface area (Å²) in [5.74, 6) is 0.611. The predicted molar refractivity (Wildman–Crippen MR) is 124 cm³/mol. The van der Waals surface area contributed by atoms with Gasteiger partial charge in [-0.15, -0.1) is 0 Å². The molecule has 5 nitrogen and oxygen atoms in total. The van der Waals surface area contributed by atoms with Crippen LogP contribution in [0.3, 0.4) is 0 Å². The Bertz CT molecular complexity index is 1290. The third kappa shape index (κ3) is 4.75. The molecule has 170 valence electrons. The Morgan fingerprint density at radius 3 is 2.45 bits per heavy atom. The van der Waals surface area contributed by atoms with Crippen LogP contribution in [0.5, 0.6) is 5.75 Å². The summed E-state index contributed by atoms with van der Waals surface area (Å²) in [6.07, 6.45) is -3.73. The lowest BCUT2D eigenvalue weighted by molar-refractivity contribution is -0.137. The number of nitrogens with zero attached hydrogens (tertiary/aromatic N) is 2. The maximum Gasteiger partial charge on any atom is 0.417 e. The number of aromatic nitrogens is 2. The SMILES string of the molecule is CCC(N)CNc1nc(-c2cc(-c3ccccc3C(F)(F)F)ccc2O)nc2ccccc12. The fourth-order valence-corrected chi connectivity index (χ4v) is 3.57. The van der Waals surface area contributed by atoms with Crippen LogP contribution in [0.15, 0.2) is 66.7 Å². The van der Waals surface area contributed by atoms with E-state index in [9.17, 15) is 18.3 Å². The number of para-hydroxylation sites is 1. The van der Waals surface area contributed by atoms with Crippen molar-refractivity contribution in [1.29, 1.82) is 0 Å². The largest absolute Gasteiger partial charge is 0.507 e. The predicted octanol–water partition coefficient (Wildman–Crippen LogP) is 5.84. The van der Waals surface area contributed by atoms with Gasteiger partial charge in [0.1, 0.15) is 11.6 Å². The summed E-state index contributed by atoms with van der Waals surface area (Å²) in [5, 5.41) is 14.6. The Morgan fingerprint density at radius 2 is 1.70 bits per heavy atom. The molecule has 4 rings (SSSR count). The van der Waals surface area contributed by atoms with Crippen LogP contribution in [0, 0.1) is 0 Å². The molecule has 0 aliphatic heterocycles. The topological polar surface area (TPSA) is 84.1 Å². The molecular formula is C25H23F3N4O. The first-order valence-electron chi connectivity index (χ1n) is 10.5. The number of nitrogens with two attached hydrogens (primary N) is 1. The highest BCUT2D eigenvalue weighted by molar-refractivity contribution is 5.91. The van der Waals surface area contributed by atoms with Crippen LogP contribution >= 0.6 is 0 Å². The van der Waals surface area contributed by atoms with E-state index >= 15 is 0 Å². The Morgan fingerprint density at radius 1 is 0.970 bits per heavy atom. The number of halogens is 3. The van der Waals surface area contributed by atoms with Crippen LogP contribution in [-0.2, 0) is 6.18 Å². The Balaban J connectivity index is 1.84. The van der Waals surface area contributed by atoms with Gasteiger partial charge in [0.25, 0.3) is 0 Å². The monoisotopic (exact) mass is 452 g/mol. The van der Waals surface area contributed by atoms with E-state index in [4.69, 9.17) is 5.73 Å². The molecule has 1 unspecified atom stereocenters. The highest BCUT2D eigenvalue weighted by atomic mass is 19.4. The van der Waals surface area contributed by atoms with E-state index in [1.54, 1.807) is 6.07 Å². The minimum absolute atomic E-state index is 0.0132. The van der Waals surface area contributed by atoms with Crippen LogP contribution < -0.4 is 11.1 Å². The van der Waals surface area contributed by atoms with Crippen LogP contribution in [0.4, 0.5) is 19.0 Å². The van der Waals surface area contributed by atoms with Crippen molar-refractivity contribution in [2.24, 2.45) is 5.73 Å². The molecule has 4 N–H and O–H groups in total. The Hall–Kier alpha value is -3.65. The number of anilines is 1. The van der Waals surface area contributed by atoms with Gasteiger partial charge >= 0.3 is 6.18 Å². The smallest absolute Gasteiger partial charge is 0.417 e. The van der Waals surface area contributed by atoms with Gasteiger partial charge in [-0.05, 0) is 47.9 Å². The zero-order chi connectivity index (χ0) is 23.6. The fourth-order valence-electron chi connectivity index (χ4n) is 3.57. The molecule has 0 radical (unpaired) electrons. The van der Waals surface area contributed by atoms with E-state index in [0.717, 1.165) is 17.9 Å². The van der Waals surface area contributed by atoms with Crippen LogP contribution in [0.2, 0.25) is 0 Å². The van der Waals surface area contributed by atoms with Gasteiger partial charge in [-0.1, -0.05) is 43.3 Å². The molecule has 0 fully saturated rings. The normalized spacial score (nSPS) is 12.6. The molecule has 1 atom stereocenters. The standard InChI is InChI=1S/C25H23F3N4O/c1-2-16(29)14-30-23-18-8-4-6-10-21(18)31-24(32-23)19-13-15(11-12-22(19)33)17-7-3-5-9-20(17)25(26,27)28/h3-13,16,33H,2,14,29H2,1H3,(H,30,31,32). The number of rotatable bonds is 6. The van der Waals surface area contributed by atoms with Crippen LogP contribution in [-0.4, -0.2) is 27.7 Å². The lowest BCUT2D eigenvalue weighted by atomic mass is 9.97. The zero-order valence-electron chi connectivity index (χ0n) is 17.9. The number of fused-ring (bicyclic) bond motifs is 1. The van der Waals surface area contributed by atoms with Gasteiger partial charge in [0.15, 0.2) is 5.82 Å². The number of benzene rings is 3. The van der Waals surface area contributed by atoms with E-state index < -0.39 is 11.7 Å². The molecule has 0 saturated carbocycles. The molecule has 4 aromatic rings. The van der Waals surface area contributed by atoms with Crippen molar-refractivity contribution in [2.75, 3.05) is 11.9 Å². The van der Waals surface area contributed by atoms with Crippen molar-refractivity contribution in [1.82, 2.24) is 9.97 Å². The molecule has 8 heteroatoms. The molecule has 0 saturated heterocycles. The van der Waals surface area contributed by atoms with Crippen LogP contribution in [0.1, 0.15) is 18.9 Å². The van der Waals surface area contributed by atoms with E-state index in [2.05, 4.69) is 15.3 Å². The molecule has 0 aliphatic rings. The Labute approximate surface area is 189 Å². The molecule has 3 aromatic carbocycles. The third-order valence-corrected chi connectivity index (χ3v) is 5.44. The first-order valence-corrected chi connectivity index (χ1v) is 10.5. The number of alkyl halides is 3. The molecule has 0 bridgehead atoms. The highest BCUT2D eigenvalue weighted by Gasteiger charge is 2.33. The molecule has 33 heavy (non-hydrogen) atoms. The average molecular weight is 452 g/mol. The van der Waals surface area contributed by atoms with Gasteiger partial charge in [0.2, 0.25) is 0 Å². The number of phenols is 1. The minimum Gasteiger partial charge on any atom is -0.507 e. The van der Waals surface area contributed by atoms with Crippen molar-refractivity contribution in [2.45, 2.75) is 25.6 Å². The molecule has 0 amide bonds. The van der Waals surface area contributed by atoms with E-state index in [1.807, 2.05) is 31.2 Å². The average Bonchev–Trinajstić information content (AvgIpc) is 2.82. The maximum absolute atomic E-state index is 13.6. The molecule has 0 spiro atoms. The number of aromatic hydroxyl groups is 1. The number of phenolic OH excluding ortho intramolecular Hbond substituents is 1. The fraction of sp³-hybridized carbons (Fsp3) is 0.200. The van der Waals surface area contributed by atoms with Gasteiger partial charge in [-0.3, -0.25) is 0 Å². The lowest BCUT2D eigenvalue weighted by Gasteiger charge is -2.16. The van der Waals surface area contributed by atoms with E-state index in [-0.39, 0.29) is 28.7 Å². The molecule has 1 aromatic heterocycles. The van der Waals surface area contributed by atoms with E-state index in [0.29, 0.717) is 23.4 Å². The molecule has 1 heterocycles. The zero-order valence-corrected chi connectivity index (χ0v) is 17.9. The van der Waals surface area contributed by atoms with Crippen molar-refractivity contribution in [3.05, 3.63) is 72.3 Å². The number of hydrogen-bond donors (Lipinski definition) is 3. The maximum atomic E-state index is 13.6. The number of nitrogens with one attached hydrogen (secondary N) is 1. The first kappa shape index (κ1) is 22.5. The van der Waals surface area contributed by atoms with Crippen molar-refractivity contribution in [3.8, 4) is 28.3 Å². The van der Waals surface area contributed by atoms with Crippen molar-refractivity contribution < 1.29 is 18.3 Å². The van der Waals surface area contributed by atoms with Gasteiger partial charge in [-0.25, -0.2) is 9.97 Å². The second-order valence-electron chi connectivity index (χ2n) is 7.74. The van der Waals surface area contributed by atoms with E-state index in [1.165, 1.54) is 30.3 Å². The van der Waals surface area contributed by atoms with Gasteiger partial charge in [0, 0.05) is 18.0 Å². The quantitative estimate of drug-likeness (QED) is 0.342. The summed E-state index contributed by atoms with van der Waals surface area (Å²) < 4.78 is 40.7. The summed E-state index contributed by atoms with van der Waals surface area (Å²) in [6, 6.07) is 16.9.